The van der Waals surface area contributed by atoms with Gasteiger partial charge in [0.05, 0.1) is 6.10 Å². The lowest BCUT2D eigenvalue weighted by molar-refractivity contribution is 0.0975. The highest BCUT2D eigenvalue weighted by Crippen LogP contribution is 2.29. The molecular formula is C18H31NO. The van der Waals surface area contributed by atoms with Crippen molar-refractivity contribution in [3.8, 4) is 0 Å². The second-order valence-corrected chi connectivity index (χ2v) is 6.50. The highest BCUT2D eigenvalue weighted by molar-refractivity contribution is 5.39. The predicted octanol–water partition coefficient (Wildman–Crippen LogP) is 4.06. The van der Waals surface area contributed by atoms with Crippen LogP contribution in [-0.2, 0) is 0 Å². The normalized spacial score (nSPS) is 16.2. The van der Waals surface area contributed by atoms with Gasteiger partial charge in [-0.3, -0.25) is 0 Å². The summed E-state index contributed by atoms with van der Waals surface area (Å²) in [5.74, 6) is 0.388. The Morgan fingerprint density at radius 3 is 1.95 bits per heavy atom. The van der Waals surface area contributed by atoms with E-state index in [0.29, 0.717) is 12.0 Å². The third-order valence-corrected chi connectivity index (χ3v) is 4.18. The Labute approximate surface area is 124 Å². The Bertz CT molecular complexity index is 416. The van der Waals surface area contributed by atoms with Crippen LogP contribution < -0.4 is 5.32 Å². The van der Waals surface area contributed by atoms with Gasteiger partial charge in [-0.25, -0.2) is 0 Å². The van der Waals surface area contributed by atoms with Crippen molar-refractivity contribution in [3.63, 3.8) is 0 Å². The van der Waals surface area contributed by atoms with Crippen LogP contribution in [0.1, 0.15) is 62.5 Å². The van der Waals surface area contributed by atoms with E-state index in [9.17, 15) is 5.11 Å². The minimum absolute atomic E-state index is 0.0880. The van der Waals surface area contributed by atoms with Crippen LogP contribution >= 0.6 is 0 Å². The van der Waals surface area contributed by atoms with Crippen molar-refractivity contribution in [1.82, 2.24) is 5.32 Å². The first-order valence-corrected chi connectivity index (χ1v) is 7.79. The van der Waals surface area contributed by atoms with Gasteiger partial charge in [-0.05, 0) is 56.7 Å². The molecule has 0 aliphatic rings. The van der Waals surface area contributed by atoms with Crippen molar-refractivity contribution in [1.29, 1.82) is 0 Å². The average Bonchev–Trinajstić information content (AvgIpc) is 2.33. The Hall–Kier alpha value is -0.860. The molecule has 1 aromatic rings. The van der Waals surface area contributed by atoms with Crippen LogP contribution in [-0.4, -0.2) is 17.2 Å². The van der Waals surface area contributed by atoms with Crippen LogP contribution in [0.4, 0.5) is 0 Å². The molecule has 0 heterocycles. The van der Waals surface area contributed by atoms with Gasteiger partial charge < -0.3 is 10.4 Å². The smallest absolute Gasteiger partial charge is 0.0950 e. The Kier molecular flexibility index (Phi) is 6.22. The molecule has 0 radical (unpaired) electrons. The van der Waals surface area contributed by atoms with Crippen molar-refractivity contribution in [3.05, 3.63) is 34.4 Å². The minimum Gasteiger partial charge on any atom is -0.387 e. The molecule has 0 saturated carbocycles. The summed E-state index contributed by atoms with van der Waals surface area (Å²) in [6, 6.07) is 4.83. The first-order chi connectivity index (χ1) is 9.27. The van der Waals surface area contributed by atoms with Crippen LogP contribution in [0, 0.1) is 26.7 Å². The maximum Gasteiger partial charge on any atom is 0.0950 e. The van der Waals surface area contributed by atoms with Crippen LogP contribution in [0.25, 0.3) is 0 Å². The highest BCUT2D eigenvalue weighted by Gasteiger charge is 2.27. The fourth-order valence-corrected chi connectivity index (χ4v) is 2.93. The molecule has 0 aliphatic carbocycles. The molecule has 2 nitrogen and oxygen atoms in total. The molecule has 3 atom stereocenters. The van der Waals surface area contributed by atoms with Gasteiger partial charge in [0.2, 0.25) is 0 Å². The molecule has 0 aromatic heterocycles. The average molecular weight is 277 g/mol. The quantitative estimate of drug-likeness (QED) is 0.822. The van der Waals surface area contributed by atoms with E-state index in [1.807, 2.05) is 0 Å². The fourth-order valence-electron chi connectivity index (χ4n) is 2.93. The lowest BCUT2D eigenvalue weighted by Crippen LogP contribution is -2.44. The van der Waals surface area contributed by atoms with Gasteiger partial charge in [0, 0.05) is 12.1 Å². The molecular weight excluding hydrogens is 246 g/mol. The summed E-state index contributed by atoms with van der Waals surface area (Å²) in [5, 5.41) is 14.5. The lowest BCUT2D eigenvalue weighted by Gasteiger charge is -2.32. The minimum atomic E-state index is -0.454. The number of nitrogens with one attached hydrogen (secondary N) is 1. The lowest BCUT2D eigenvalue weighted by atomic mass is 9.87. The van der Waals surface area contributed by atoms with Gasteiger partial charge >= 0.3 is 0 Å². The van der Waals surface area contributed by atoms with Gasteiger partial charge in [-0.1, -0.05) is 38.5 Å². The van der Waals surface area contributed by atoms with Crippen LogP contribution in [0.15, 0.2) is 12.1 Å². The SMILES string of the molecule is CCC(C)NC(C(C)C)C(O)c1c(C)cc(C)cc1C. The fraction of sp³-hybridized carbons (Fsp3) is 0.667. The summed E-state index contributed by atoms with van der Waals surface area (Å²) >= 11 is 0. The molecule has 20 heavy (non-hydrogen) atoms. The predicted molar refractivity (Wildman–Crippen MR) is 87.1 cm³/mol. The van der Waals surface area contributed by atoms with E-state index in [0.717, 1.165) is 12.0 Å². The standard InChI is InChI=1S/C18H31NO/c1-8-15(7)19-17(11(2)3)18(20)16-13(5)9-12(4)10-14(16)6/h9-11,15,17-20H,8H2,1-7H3. The summed E-state index contributed by atoms with van der Waals surface area (Å²) in [6.07, 6.45) is 0.617. The van der Waals surface area contributed by atoms with Gasteiger partial charge in [0.15, 0.2) is 0 Å². The number of aliphatic hydroxyl groups excluding tert-OH is 1. The second-order valence-electron chi connectivity index (χ2n) is 6.50. The molecule has 0 spiro atoms. The number of aliphatic hydroxyl groups is 1. The Morgan fingerprint density at radius 1 is 1.05 bits per heavy atom. The topological polar surface area (TPSA) is 32.3 Å². The molecule has 3 unspecified atom stereocenters. The maximum atomic E-state index is 10.9. The molecule has 0 aliphatic heterocycles. The molecule has 1 aromatic carbocycles. The van der Waals surface area contributed by atoms with Crippen LogP contribution in [0.2, 0.25) is 0 Å². The number of rotatable bonds is 6. The van der Waals surface area contributed by atoms with E-state index in [2.05, 4.69) is 65.9 Å². The summed E-state index contributed by atoms with van der Waals surface area (Å²) in [5.41, 5.74) is 4.72. The Morgan fingerprint density at radius 2 is 1.55 bits per heavy atom. The number of benzene rings is 1. The molecule has 2 heteroatoms. The van der Waals surface area contributed by atoms with E-state index in [1.54, 1.807) is 0 Å². The van der Waals surface area contributed by atoms with Crippen molar-refractivity contribution >= 4 is 0 Å². The first-order valence-electron chi connectivity index (χ1n) is 7.79. The molecule has 0 bridgehead atoms. The summed E-state index contributed by atoms with van der Waals surface area (Å²) < 4.78 is 0. The van der Waals surface area contributed by atoms with Crippen molar-refractivity contribution < 1.29 is 5.11 Å². The molecule has 1 rings (SSSR count). The molecule has 2 N–H and O–H groups in total. The zero-order valence-corrected chi connectivity index (χ0v) is 14.1. The molecule has 114 valence electrons. The molecule has 0 fully saturated rings. The van der Waals surface area contributed by atoms with Crippen molar-refractivity contribution in [2.24, 2.45) is 5.92 Å². The summed E-state index contributed by atoms with van der Waals surface area (Å²) in [6.45, 7) is 15.0. The van der Waals surface area contributed by atoms with E-state index >= 15 is 0 Å². The van der Waals surface area contributed by atoms with E-state index in [4.69, 9.17) is 0 Å². The maximum absolute atomic E-state index is 10.9. The zero-order valence-electron chi connectivity index (χ0n) is 14.1. The van der Waals surface area contributed by atoms with Gasteiger partial charge in [-0.15, -0.1) is 0 Å². The van der Waals surface area contributed by atoms with Crippen LogP contribution in [0.3, 0.4) is 0 Å². The third kappa shape index (κ3) is 4.07. The van der Waals surface area contributed by atoms with Crippen molar-refractivity contribution in [2.45, 2.75) is 73.1 Å². The van der Waals surface area contributed by atoms with E-state index in [-0.39, 0.29) is 6.04 Å². The first kappa shape index (κ1) is 17.2. The van der Waals surface area contributed by atoms with Gasteiger partial charge in [-0.2, -0.15) is 0 Å². The molecule has 0 saturated heterocycles. The zero-order chi connectivity index (χ0) is 15.4. The molecule has 0 amide bonds. The van der Waals surface area contributed by atoms with Crippen LogP contribution in [0.5, 0.6) is 0 Å². The number of hydrogen-bond acceptors (Lipinski definition) is 2. The number of hydrogen-bond donors (Lipinski definition) is 2. The highest BCUT2D eigenvalue weighted by atomic mass is 16.3. The second kappa shape index (κ2) is 7.24. The van der Waals surface area contributed by atoms with Gasteiger partial charge in [0.1, 0.15) is 0 Å². The largest absolute Gasteiger partial charge is 0.387 e. The van der Waals surface area contributed by atoms with Gasteiger partial charge in [0.25, 0.3) is 0 Å². The number of aryl methyl sites for hydroxylation is 3. The monoisotopic (exact) mass is 277 g/mol. The van der Waals surface area contributed by atoms with E-state index < -0.39 is 6.10 Å². The summed E-state index contributed by atoms with van der Waals surface area (Å²) in [7, 11) is 0. The third-order valence-electron chi connectivity index (χ3n) is 4.18. The van der Waals surface area contributed by atoms with Crippen molar-refractivity contribution in [2.75, 3.05) is 0 Å². The summed E-state index contributed by atoms with van der Waals surface area (Å²) in [4.78, 5) is 0. The Balaban J connectivity index is 3.09. The van der Waals surface area contributed by atoms with E-state index in [1.165, 1.54) is 16.7 Å².